The number of methoxy groups -OCH3 is 1. The second-order valence-electron chi connectivity index (χ2n) is 6.54. The highest BCUT2D eigenvalue weighted by molar-refractivity contribution is 14.0. The van der Waals surface area contributed by atoms with E-state index in [4.69, 9.17) is 4.74 Å². The molecule has 0 aliphatic carbocycles. The molecule has 0 spiro atoms. The van der Waals surface area contributed by atoms with Crippen molar-refractivity contribution in [3.8, 4) is 0 Å². The van der Waals surface area contributed by atoms with E-state index < -0.39 is 0 Å². The van der Waals surface area contributed by atoms with E-state index in [1.165, 1.54) is 16.8 Å². The third kappa shape index (κ3) is 6.10. The number of benzene rings is 2. The predicted molar refractivity (Wildman–Crippen MR) is 123 cm³/mol. The molecular formula is C21H29IN4O. The van der Waals surface area contributed by atoms with E-state index in [1.807, 2.05) is 13.1 Å². The Balaban J connectivity index is 0.00000261. The number of guanidine groups is 1. The predicted octanol–water partition coefficient (Wildman–Crippen LogP) is 3.39. The van der Waals surface area contributed by atoms with Crippen LogP contribution in [-0.2, 0) is 17.9 Å². The van der Waals surface area contributed by atoms with Crippen molar-refractivity contribution in [3.63, 3.8) is 0 Å². The zero-order chi connectivity index (χ0) is 18.2. The van der Waals surface area contributed by atoms with Gasteiger partial charge in [-0.2, -0.15) is 0 Å². The number of hydrogen-bond donors (Lipinski definition) is 2. The fourth-order valence-electron chi connectivity index (χ4n) is 3.34. The van der Waals surface area contributed by atoms with E-state index in [9.17, 15) is 0 Å². The van der Waals surface area contributed by atoms with Gasteiger partial charge in [-0.15, -0.1) is 24.0 Å². The second-order valence-corrected chi connectivity index (χ2v) is 6.54. The summed E-state index contributed by atoms with van der Waals surface area (Å²) in [6, 6.07) is 19.3. The number of rotatable bonds is 6. The Hall–Kier alpha value is -1.80. The van der Waals surface area contributed by atoms with Crippen LogP contribution in [0.5, 0.6) is 0 Å². The third-order valence-corrected chi connectivity index (χ3v) is 4.74. The van der Waals surface area contributed by atoms with Crippen LogP contribution in [0, 0.1) is 0 Å². The van der Waals surface area contributed by atoms with Gasteiger partial charge in [0.25, 0.3) is 0 Å². The Morgan fingerprint density at radius 1 is 1.11 bits per heavy atom. The van der Waals surface area contributed by atoms with Crippen LogP contribution in [0.3, 0.4) is 0 Å². The lowest BCUT2D eigenvalue weighted by Gasteiger charge is -2.20. The highest BCUT2D eigenvalue weighted by Gasteiger charge is 2.23. The monoisotopic (exact) mass is 480 g/mol. The van der Waals surface area contributed by atoms with E-state index in [-0.39, 0.29) is 24.0 Å². The fourth-order valence-corrected chi connectivity index (χ4v) is 3.34. The minimum Gasteiger partial charge on any atom is -0.380 e. The normalized spacial score (nSPS) is 16.7. The molecule has 3 rings (SSSR count). The van der Waals surface area contributed by atoms with Gasteiger partial charge in [0.2, 0.25) is 0 Å². The number of halogens is 1. The molecule has 1 aliphatic heterocycles. The zero-order valence-electron chi connectivity index (χ0n) is 16.0. The SMILES string of the molecule is CN=C(NCc1ccccc1COC)NC1CCN(c2ccccc2)C1.I. The van der Waals surface area contributed by atoms with Crippen molar-refractivity contribution in [1.29, 1.82) is 0 Å². The Labute approximate surface area is 179 Å². The van der Waals surface area contributed by atoms with Crippen molar-refractivity contribution in [2.75, 3.05) is 32.1 Å². The molecule has 1 unspecified atom stereocenters. The van der Waals surface area contributed by atoms with E-state index in [0.717, 1.165) is 32.0 Å². The van der Waals surface area contributed by atoms with Gasteiger partial charge in [0.05, 0.1) is 6.61 Å². The fraction of sp³-hybridized carbons (Fsp3) is 0.381. The van der Waals surface area contributed by atoms with Crippen molar-refractivity contribution in [1.82, 2.24) is 10.6 Å². The van der Waals surface area contributed by atoms with Gasteiger partial charge >= 0.3 is 0 Å². The molecule has 1 saturated heterocycles. The molecule has 146 valence electrons. The lowest BCUT2D eigenvalue weighted by Crippen LogP contribution is -2.44. The molecule has 1 heterocycles. The zero-order valence-corrected chi connectivity index (χ0v) is 18.4. The number of hydrogen-bond acceptors (Lipinski definition) is 3. The summed E-state index contributed by atoms with van der Waals surface area (Å²) in [7, 11) is 3.55. The topological polar surface area (TPSA) is 48.9 Å². The van der Waals surface area contributed by atoms with Crippen molar-refractivity contribution in [3.05, 3.63) is 65.7 Å². The molecule has 0 radical (unpaired) electrons. The molecule has 1 fully saturated rings. The number of anilines is 1. The van der Waals surface area contributed by atoms with Gasteiger partial charge < -0.3 is 20.3 Å². The van der Waals surface area contributed by atoms with Crippen LogP contribution >= 0.6 is 24.0 Å². The average molecular weight is 480 g/mol. The molecule has 1 atom stereocenters. The smallest absolute Gasteiger partial charge is 0.191 e. The Morgan fingerprint density at radius 3 is 2.52 bits per heavy atom. The van der Waals surface area contributed by atoms with Gasteiger partial charge in [-0.1, -0.05) is 42.5 Å². The molecular weight excluding hydrogens is 451 g/mol. The number of para-hydroxylation sites is 1. The molecule has 0 amide bonds. The third-order valence-electron chi connectivity index (χ3n) is 4.74. The maximum atomic E-state index is 5.28. The summed E-state index contributed by atoms with van der Waals surface area (Å²) in [6.07, 6.45) is 1.11. The molecule has 2 aromatic rings. The highest BCUT2D eigenvalue weighted by atomic mass is 127. The Bertz CT molecular complexity index is 723. The summed E-state index contributed by atoms with van der Waals surface area (Å²) in [5, 5.41) is 6.98. The van der Waals surface area contributed by atoms with Crippen LogP contribution < -0.4 is 15.5 Å². The second kappa shape index (κ2) is 11.1. The summed E-state index contributed by atoms with van der Waals surface area (Å²) in [5.74, 6) is 0.845. The van der Waals surface area contributed by atoms with Gasteiger partial charge in [-0.05, 0) is 29.7 Å². The van der Waals surface area contributed by atoms with Crippen molar-refractivity contribution in [2.24, 2.45) is 4.99 Å². The van der Waals surface area contributed by atoms with E-state index in [0.29, 0.717) is 12.6 Å². The van der Waals surface area contributed by atoms with E-state index in [1.54, 1.807) is 7.11 Å². The molecule has 2 aromatic carbocycles. The highest BCUT2D eigenvalue weighted by Crippen LogP contribution is 2.19. The van der Waals surface area contributed by atoms with Gasteiger partial charge in [-0.25, -0.2) is 0 Å². The first kappa shape index (κ1) is 21.5. The molecule has 27 heavy (non-hydrogen) atoms. The van der Waals surface area contributed by atoms with Crippen molar-refractivity contribution < 1.29 is 4.74 Å². The first-order valence-electron chi connectivity index (χ1n) is 9.13. The standard InChI is InChI=1S/C21H28N4O.HI/c1-22-21(23-14-17-8-6-7-9-18(17)16-26-2)24-19-12-13-25(15-19)20-10-4-3-5-11-20;/h3-11,19H,12-16H2,1-2H3,(H2,22,23,24);1H. The maximum absolute atomic E-state index is 5.28. The minimum absolute atomic E-state index is 0. The molecule has 1 aliphatic rings. The number of nitrogens with one attached hydrogen (secondary N) is 2. The summed E-state index contributed by atoms with van der Waals surface area (Å²) < 4.78 is 5.28. The first-order chi connectivity index (χ1) is 12.8. The van der Waals surface area contributed by atoms with Crippen LogP contribution in [0.2, 0.25) is 0 Å². The maximum Gasteiger partial charge on any atom is 0.191 e. The summed E-state index contributed by atoms with van der Waals surface area (Å²) in [4.78, 5) is 6.80. The van der Waals surface area contributed by atoms with E-state index in [2.05, 4.69) is 69.1 Å². The van der Waals surface area contributed by atoms with Gasteiger partial charge in [-0.3, -0.25) is 4.99 Å². The van der Waals surface area contributed by atoms with Gasteiger partial charge in [0, 0.05) is 45.5 Å². The largest absolute Gasteiger partial charge is 0.380 e. The minimum atomic E-state index is 0. The first-order valence-corrected chi connectivity index (χ1v) is 9.13. The van der Waals surface area contributed by atoms with Crippen LogP contribution in [0.15, 0.2) is 59.6 Å². The average Bonchev–Trinajstić information content (AvgIpc) is 3.15. The number of nitrogens with zero attached hydrogens (tertiary/aromatic N) is 2. The molecule has 6 heteroatoms. The number of aliphatic imine (C=N–C) groups is 1. The lowest BCUT2D eigenvalue weighted by molar-refractivity contribution is 0.184. The Kier molecular flexibility index (Phi) is 8.87. The summed E-state index contributed by atoms with van der Waals surface area (Å²) >= 11 is 0. The lowest BCUT2D eigenvalue weighted by atomic mass is 10.1. The molecule has 0 bridgehead atoms. The molecule has 5 nitrogen and oxygen atoms in total. The number of ether oxygens (including phenoxy) is 1. The van der Waals surface area contributed by atoms with Gasteiger partial charge in [0.1, 0.15) is 0 Å². The molecule has 2 N–H and O–H groups in total. The quantitative estimate of drug-likeness (QED) is 0.378. The Morgan fingerprint density at radius 2 is 1.81 bits per heavy atom. The van der Waals surface area contributed by atoms with E-state index >= 15 is 0 Å². The summed E-state index contributed by atoms with van der Waals surface area (Å²) in [6.45, 7) is 3.41. The van der Waals surface area contributed by atoms with Crippen LogP contribution in [0.1, 0.15) is 17.5 Å². The van der Waals surface area contributed by atoms with Gasteiger partial charge in [0.15, 0.2) is 5.96 Å². The van der Waals surface area contributed by atoms with Crippen molar-refractivity contribution in [2.45, 2.75) is 25.6 Å². The molecule has 0 saturated carbocycles. The van der Waals surface area contributed by atoms with Crippen molar-refractivity contribution >= 4 is 35.6 Å². The van der Waals surface area contributed by atoms with Crippen LogP contribution in [-0.4, -0.2) is 39.2 Å². The van der Waals surface area contributed by atoms with Crippen LogP contribution in [0.4, 0.5) is 5.69 Å². The van der Waals surface area contributed by atoms with Crippen LogP contribution in [0.25, 0.3) is 0 Å². The summed E-state index contributed by atoms with van der Waals surface area (Å²) in [5.41, 5.74) is 3.72. The molecule has 0 aromatic heterocycles.